The van der Waals surface area contributed by atoms with Gasteiger partial charge < -0.3 is 4.74 Å². The third kappa shape index (κ3) is 4.13. The Bertz CT molecular complexity index is 1590. The molecule has 9 heteroatoms. The molecule has 0 aliphatic carbocycles. The normalized spacial score (nSPS) is 11.0. The fourth-order valence-corrected chi connectivity index (χ4v) is 4.01. The van der Waals surface area contributed by atoms with Crippen molar-refractivity contribution in [3.05, 3.63) is 98.8 Å². The van der Waals surface area contributed by atoms with Gasteiger partial charge in [0, 0.05) is 28.0 Å². The summed E-state index contributed by atoms with van der Waals surface area (Å²) in [6.45, 7) is 1.33. The third-order valence-corrected chi connectivity index (χ3v) is 5.89. The smallest absolute Gasteiger partial charge is 0.308 e. The molecule has 7 nitrogen and oxygen atoms in total. The van der Waals surface area contributed by atoms with Gasteiger partial charge in [0.15, 0.2) is 5.65 Å². The Labute approximate surface area is 207 Å². The van der Waals surface area contributed by atoms with Crippen molar-refractivity contribution >= 4 is 44.5 Å². The number of hydrogen-bond donors (Lipinski definition) is 0. The predicted molar refractivity (Wildman–Crippen MR) is 134 cm³/mol. The van der Waals surface area contributed by atoms with E-state index >= 15 is 0 Å². The molecule has 0 atom stereocenters. The molecule has 34 heavy (non-hydrogen) atoms. The standard InChI is InChI=1S/C25H16BrClN4O3/c1-15(32)34-21-4-2-3-20(13-21)31-24-22(14-28-31)25(33)30(19-11-9-18(27)10-12-19)23(29-24)16-5-7-17(26)8-6-16/h2-14H,1H3. The summed E-state index contributed by atoms with van der Waals surface area (Å²) in [4.78, 5) is 29.9. The van der Waals surface area contributed by atoms with E-state index in [9.17, 15) is 9.59 Å². The van der Waals surface area contributed by atoms with Gasteiger partial charge in [0.25, 0.3) is 5.56 Å². The van der Waals surface area contributed by atoms with Gasteiger partial charge in [-0.25, -0.2) is 9.67 Å². The first-order valence-corrected chi connectivity index (χ1v) is 11.4. The number of ether oxygens (including phenoxy) is 1. The van der Waals surface area contributed by atoms with E-state index in [1.165, 1.54) is 13.1 Å². The van der Waals surface area contributed by atoms with Crippen LogP contribution in [-0.2, 0) is 4.79 Å². The van der Waals surface area contributed by atoms with Gasteiger partial charge in [-0.1, -0.05) is 45.7 Å². The van der Waals surface area contributed by atoms with Crippen LogP contribution in [0.1, 0.15) is 6.92 Å². The number of nitrogens with zero attached hydrogens (tertiary/aromatic N) is 4. The zero-order valence-electron chi connectivity index (χ0n) is 17.8. The van der Waals surface area contributed by atoms with Gasteiger partial charge in [-0.2, -0.15) is 5.10 Å². The first-order valence-electron chi connectivity index (χ1n) is 10.2. The summed E-state index contributed by atoms with van der Waals surface area (Å²) in [6.07, 6.45) is 1.49. The Morgan fingerprint density at radius 2 is 1.74 bits per heavy atom. The van der Waals surface area contributed by atoms with Gasteiger partial charge in [0.05, 0.1) is 17.6 Å². The van der Waals surface area contributed by atoms with Crippen LogP contribution in [0, 0.1) is 0 Å². The van der Waals surface area contributed by atoms with E-state index in [-0.39, 0.29) is 5.56 Å². The molecule has 0 N–H and O–H groups in total. The summed E-state index contributed by atoms with van der Waals surface area (Å²) in [7, 11) is 0. The number of halogens is 2. The second-order valence-corrected chi connectivity index (χ2v) is 8.80. The van der Waals surface area contributed by atoms with Gasteiger partial charge in [-0.15, -0.1) is 0 Å². The maximum atomic E-state index is 13.7. The van der Waals surface area contributed by atoms with E-state index in [1.54, 1.807) is 57.8 Å². The van der Waals surface area contributed by atoms with Crippen LogP contribution in [0.5, 0.6) is 5.75 Å². The molecule has 0 aliphatic heterocycles. The average Bonchev–Trinajstić information content (AvgIpc) is 3.25. The largest absolute Gasteiger partial charge is 0.427 e. The molecule has 0 aliphatic rings. The zero-order valence-corrected chi connectivity index (χ0v) is 20.1. The number of fused-ring (bicyclic) bond motifs is 1. The highest BCUT2D eigenvalue weighted by Gasteiger charge is 2.19. The minimum atomic E-state index is -0.427. The Balaban J connectivity index is 1.77. The summed E-state index contributed by atoms with van der Waals surface area (Å²) in [5.74, 6) is 0.394. The topological polar surface area (TPSA) is 79.0 Å². The second-order valence-electron chi connectivity index (χ2n) is 7.44. The molecule has 2 heterocycles. The zero-order chi connectivity index (χ0) is 23.8. The summed E-state index contributed by atoms with van der Waals surface area (Å²) >= 11 is 9.52. The molecule has 0 saturated carbocycles. The number of carbonyl (C=O) groups excluding carboxylic acids is 1. The predicted octanol–water partition coefficient (Wildman–Crippen LogP) is 5.58. The lowest BCUT2D eigenvalue weighted by atomic mass is 10.2. The van der Waals surface area contributed by atoms with Crippen LogP contribution in [0.2, 0.25) is 5.02 Å². The fourth-order valence-electron chi connectivity index (χ4n) is 3.62. The minimum Gasteiger partial charge on any atom is -0.427 e. The minimum absolute atomic E-state index is 0.271. The lowest BCUT2D eigenvalue weighted by Crippen LogP contribution is -2.22. The van der Waals surface area contributed by atoms with Crippen LogP contribution in [0.15, 0.2) is 88.3 Å². The van der Waals surface area contributed by atoms with Crippen molar-refractivity contribution in [2.75, 3.05) is 0 Å². The number of esters is 1. The lowest BCUT2D eigenvalue weighted by Gasteiger charge is -2.14. The fraction of sp³-hybridized carbons (Fsp3) is 0.0400. The van der Waals surface area contributed by atoms with E-state index in [0.29, 0.717) is 39.0 Å². The van der Waals surface area contributed by atoms with Gasteiger partial charge in [0.1, 0.15) is 17.0 Å². The van der Waals surface area contributed by atoms with E-state index in [0.717, 1.165) is 10.0 Å². The molecule has 5 rings (SSSR count). The Kier molecular flexibility index (Phi) is 5.77. The number of hydrogen-bond acceptors (Lipinski definition) is 5. The third-order valence-electron chi connectivity index (χ3n) is 5.11. The van der Waals surface area contributed by atoms with E-state index in [4.69, 9.17) is 21.3 Å². The summed E-state index contributed by atoms with van der Waals surface area (Å²) < 4.78 is 9.20. The molecular weight excluding hydrogens is 520 g/mol. The molecular formula is C25H16BrClN4O3. The van der Waals surface area contributed by atoms with Crippen molar-refractivity contribution in [1.82, 2.24) is 19.3 Å². The molecule has 0 fully saturated rings. The number of rotatable bonds is 4. The van der Waals surface area contributed by atoms with Gasteiger partial charge >= 0.3 is 5.97 Å². The summed E-state index contributed by atoms with van der Waals surface area (Å²) in [5, 5.41) is 5.32. The van der Waals surface area contributed by atoms with Crippen LogP contribution in [0.3, 0.4) is 0 Å². The van der Waals surface area contributed by atoms with Gasteiger partial charge in [-0.3, -0.25) is 14.2 Å². The molecule has 0 unspecified atom stereocenters. The highest BCUT2D eigenvalue weighted by molar-refractivity contribution is 9.10. The van der Waals surface area contributed by atoms with Crippen molar-refractivity contribution in [3.63, 3.8) is 0 Å². The molecule has 0 saturated heterocycles. The van der Waals surface area contributed by atoms with Gasteiger partial charge in [-0.05, 0) is 48.5 Å². The van der Waals surface area contributed by atoms with Gasteiger partial charge in [0.2, 0.25) is 0 Å². The van der Waals surface area contributed by atoms with Crippen LogP contribution in [-0.4, -0.2) is 25.3 Å². The first-order chi connectivity index (χ1) is 16.4. The number of benzene rings is 3. The van der Waals surface area contributed by atoms with E-state index in [2.05, 4.69) is 21.0 Å². The van der Waals surface area contributed by atoms with Crippen molar-refractivity contribution in [2.45, 2.75) is 6.92 Å². The molecule has 168 valence electrons. The molecule has 0 bridgehead atoms. The van der Waals surface area contributed by atoms with Crippen LogP contribution < -0.4 is 10.3 Å². The summed E-state index contributed by atoms with van der Waals surface area (Å²) in [6, 6.07) is 21.4. The van der Waals surface area contributed by atoms with E-state index in [1.807, 2.05) is 24.3 Å². The van der Waals surface area contributed by atoms with Crippen LogP contribution in [0.25, 0.3) is 33.8 Å². The Morgan fingerprint density at radius 1 is 1.00 bits per heavy atom. The van der Waals surface area contributed by atoms with Crippen molar-refractivity contribution in [1.29, 1.82) is 0 Å². The molecule has 5 aromatic rings. The van der Waals surface area contributed by atoms with Crippen molar-refractivity contribution in [3.8, 4) is 28.5 Å². The molecule has 2 aromatic heterocycles. The summed E-state index contributed by atoms with van der Waals surface area (Å²) in [5.41, 5.74) is 2.09. The second kappa shape index (κ2) is 8.89. The quantitative estimate of drug-likeness (QED) is 0.222. The lowest BCUT2D eigenvalue weighted by molar-refractivity contribution is -0.131. The monoisotopic (exact) mass is 534 g/mol. The van der Waals surface area contributed by atoms with E-state index < -0.39 is 5.97 Å². The Hall–Kier alpha value is -3.75. The highest BCUT2D eigenvalue weighted by Crippen LogP contribution is 2.26. The molecule has 3 aromatic carbocycles. The van der Waals surface area contributed by atoms with Crippen LogP contribution >= 0.6 is 27.5 Å². The maximum Gasteiger partial charge on any atom is 0.308 e. The van der Waals surface area contributed by atoms with Crippen molar-refractivity contribution < 1.29 is 9.53 Å². The molecule has 0 amide bonds. The SMILES string of the molecule is CC(=O)Oc1cccc(-n2ncc3c(=O)n(-c4ccc(Cl)cc4)c(-c4ccc(Br)cc4)nc32)c1. The Morgan fingerprint density at radius 3 is 2.44 bits per heavy atom. The van der Waals surface area contributed by atoms with Crippen molar-refractivity contribution in [2.24, 2.45) is 0 Å². The maximum absolute atomic E-state index is 13.7. The molecule has 0 spiro atoms. The number of aromatic nitrogens is 4. The van der Waals surface area contributed by atoms with Crippen LogP contribution in [0.4, 0.5) is 0 Å². The first kappa shape index (κ1) is 22.1. The molecule has 0 radical (unpaired) electrons. The number of carbonyl (C=O) groups is 1. The highest BCUT2D eigenvalue weighted by atomic mass is 79.9. The average molecular weight is 536 g/mol.